The number of nitrogens with two attached hydrogens (primary N) is 2. The van der Waals surface area contributed by atoms with E-state index in [0.717, 1.165) is 147 Å². The van der Waals surface area contributed by atoms with Gasteiger partial charge in [0.15, 0.2) is 0 Å². The number of benzene rings is 7. The summed E-state index contributed by atoms with van der Waals surface area (Å²) in [6.45, 7) is 11.7. The minimum absolute atomic E-state index is 0.0144. The first kappa shape index (κ1) is 112. The lowest BCUT2D eigenvalue weighted by Crippen LogP contribution is -2.50. The summed E-state index contributed by atoms with van der Waals surface area (Å²) in [5, 5.41) is 56.9. The van der Waals surface area contributed by atoms with Crippen LogP contribution in [0.4, 0.5) is 14.4 Å². The maximum absolute atomic E-state index is 13.5. The number of nitriles is 3. The molecule has 2 aromatic heterocycles. The zero-order chi connectivity index (χ0) is 102. The number of nitrogens with one attached hydrogen (secondary N) is 6. The highest BCUT2D eigenvalue weighted by Crippen LogP contribution is 2.34. The molecule has 7 fully saturated rings. The predicted octanol–water partition coefficient (Wildman–Crippen LogP) is 16.4. The van der Waals surface area contributed by atoms with Gasteiger partial charge in [0.05, 0.1) is 41.1 Å². The Balaban J connectivity index is 0.000000169. The Labute approximate surface area is 848 Å². The average Bonchev–Trinajstić information content (AvgIpc) is 1.37. The SMILES string of the molecule is CC(C)(C)OC(=O)N1CCCC(N)CC1.N#Cc1ccccc1S(=O)(=O)N1CCCC(N)CC1.N#Cc1ccccc1S(=O)(=O)N1CCCC(NC(=O)OCc2ccccc2)CC1.N#Cc1ccccc1S(=O)(=O)N1CCCC(NC(=O)[C@H](CC2CCCC2)NC(=O)c2cc3ccccc3s2)CC1.O=C(NC1CCCNCC1)OCc1ccccc1.O=C(N[C@@H](CC1CCCC1)C(=O)O)c1cc2ccccc2s1. The Morgan fingerprint density at radius 2 is 0.797 bits per heavy atom. The maximum atomic E-state index is 13.5. The summed E-state index contributed by atoms with van der Waals surface area (Å²) in [7, 11) is -11.2. The van der Waals surface area contributed by atoms with E-state index in [1.807, 2.05) is 160 Å². The number of carboxylic acids is 1. The van der Waals surface area contributed by atoms with Crippen molar-refractivity contribution >= 4 is 115 Å². The van der Waals surface area contributed by atoms with Crippen LogP contribution in [-0.4, -0.2) is 203 Å². The Morgan fingerprint density at radius 1 is 0.427 bits per heavy atom. The van der Waals surface area contributed by atoms with Crippen LogP contribution in [0, 0.1) is 45.8 Å². The molecule has 5 aliphatic heterocycles. The molecule has 766 valence electrons. The van der Waals surface area contributed by atoms with Gasteiger partial charge in [-0.25, -0.2) is 44.4 Å². The zero-order valence-electron chi connectivity index (χ0n) is 81.6. The summed E-state index contributed by atoms with van der Waals surface area (Å²) in [5.74, 6) is -0.865. The fourth-order valence-electron chi connectivity index (χ4n) is 18.2. The molecule has 11 N–H and O–H groups in total. The lowest BCUT2D eigenvalue weighted by Gasteiger charge is -2.26. The van der Waals surface area contributed by atoms with Gasteiger partial charge in [0.2, 0.25) is 36.0 Å². The molecule has 16 rings (SSSR count). The molecule has 0 bridgehead atoms. The Morgan fingerprint density at radius 3 is 1.23 bits per heavy atom. The number of hydrogen-bond donors (Lipinski definition) is 9. The molecule has 0 spiro atoms. The van der Waals surface area contributed by atoms with Crippen molar-refractivity contribution in [2.45, 2.75) is 257 Å². The normalized spacial score (nSPS) is 19.5. The van der Waals surface area contributed by atoms with Crippen molar-refractivity contribution in [3.63, 3.8) is 0 Å². The molecule has 143 heavy (non-hydrogen) atoms. The standard InChI is InChI=1S/C30H34N4O4S2.C21H23N3O4S.C17H19NO3S.C14H20N2O2.C13H17N3O2S.C11H22N2O2/c31-20-23-11-4-6-14-28(23)40(37,38)34-16-7-12-24(15-17-34)32-29(35)25(18-21-8-1-2-9-21)33-30(36)27-19-22-10-3-5-13-26(22)39-27;22-15-18-9-4-5-11-20(18)29(26,27)24-13-6-10-19(12-14-24)23-21(25)28-16-17-7-2-1-3-8-17;19-16(15-10-12-7-3-4-8-14(12)22-15)18-13(17(20)21)9-11-5-1-2-6-11;17-14(16-13-7-4-9-15-10-8-13)18-11-12-5-2-1-3-6-12;14-10-11-4-1-2-6-13(11)19(17,18)16-8-3-5-12(15)7-9-16;1-11(2,3)15-10(14)13-7-4-5-9(12)6-8-13/h3-6,10-11,13-14,19,21,24-25H,1-2,7-9,12,15-18H2,(H,32,35)(H,33,36);1-5,7-9,11,19H,6,10,12-14,16H2,(H,23,25);3-4,7-8,10-11,13H,1-2,5-6,9H2,(H,18,19)(H,20,21);1-3,5-6,13,15H,4,7-11H2,(H,16,17);1-2,4,6,12H,3,5,7-9,15H2;9H,4-8,12H2,1-3H3/t24?,25-;;13-;;;/m0.0.../s1. The highest BCUT2D eigenvalue weighted by atomic mass is 32.2. The Hall–Kier alpha value is -11.8. The highest BCUT2D eigenvalue weighted by Gasteiger charge is 2.37. The molecule has 2 aliphatic carbocycles. The lowest BCUT2D eigenvalue weighted by atomic mass is 9.97. The van der Waals surface area contributed by atoms with Crippen molar-refractivity contribution < 1.29 is 78.1 Å². The quantitative estimate of drug-likeness (QED) is 0.0269. The van der Waals surface area contributed by atoms with Crippen molar-refractivity contribution in [3.8, 4) is 18.2 Å². The minimum Gasteiger partial charge on any atom is -0.480 e. The molecular weight excluding hydrogens is 1920 g/mol. The fraction of sp³-hybridized carbons (Fsp3) is 0.472. The smallest absolute Gasteiger partial charge is 0.410 e. The molecule has 5 saturated heterocycles. The third-order valence-electron chi connectivity index (χ3n) is 26.0. The third-order valence-corrected chi connectivity index (χ3v) is 34.1. The van der Waals surface area contributed by atoms with Crippen LogP contribution in [0.3, 0.4) is 0 Å². The fourth-order valence-corrected chi connectivity index (χ4v) is 25.1. The summed E-state index contributed by atoms with van der Waals surface area (Å²) >= 11 is 2.81. The van der Waals surface area contributed by atoms with E-state index < -0.39 is 59.8 Å². The lowest BCUT2D eigenvalue weighted by molar-refractivity contribution is -0.139. The molecule has 7 aliphatic rings. The Bertz CT molecular complexity index is 6100. The number of ether oxygens (including phenoxy) is 3. The molecule has 7 heterocycles. The van der Waals surface area contributed by atoms with E-state index in [-0.39, 0.29) is 111 Å². The Kier molecular flexibility index (Phi) is 43.6. The number of carbonyl (C=O) groups excluding carboxylic acids is 6. The van der Waals surface area contributed by atoms with E-state index in [0.29, 0.717) is 112 Å². The van der Waals surface area contributed by atoms with Crippen LogP contribution < -0.4 is 43.4 Å². The van der Waals surface area contributed by atoms with Crippen LogP contribution in [0.5, 0.6) is 0 Å². The maximum Gasteiger partial charge on any atom is 0.410 e. The van der Waals surface area contributed by atoms with Crippen LogP contribution in [0.1, 0.15) is 228 Å². The molecule has 7 aromatic carbocycles. The average molecular weight is 2050 g/mol. The topological polar surface area (TPSA) is 478 Å². The third kappa shape index (κ3) is 35.0. The van der Waals surface area contributed by atoms with Crippen molar-refractivity contribution in [3.05, 3.63) is 232 Å². The molecule has 9 aromatic rings. The van der Waals surface area contributed by atoms with Gasteiger partial charge in [-0.2, -0.15) is 28.7 Å². The van der Waals surface area contributed by atoms with Crippen molar-refractivity contribution in [1.82, 2.24) is 49.7 Å². The zero-order valence-corrected chi connectivity index (χ0v) is 85.7. The van der Waals surface area contributed by atoms with Crippen LogP contribution in [0.15, 0.2) is 209 Å². The first-order valence-electron chi connectivity index (χ1n) is 49.5. The first-order valence-corrected chi connectivity index (χ1v) is 55.5. The summed E-state index contributed by atoms with van der Waals surface area (Å²) in [4.78, 5) is 89.0. The van der Waals surface area contributed by atoms with Gasteiger partial charge in [0.25, 0.3) is 11.8 Å². The number of amides is 6. The summed E-state index contributed by atoms with van der Waals surface area (Å²) in [6.07, 6.45) is 20.6. The second kappa shape index (κ2) is 55.9. The van der Waals surface area contributed by atoms with Gasteiger partial charge in [-0.15, -0.1) is 22.7 Å². The number of rotatable bonds is 23. The summed E-state index contributed by atoms with van der Waals surface area (Å²) in [6, 6.07) is 61.7. The number of hydrogen-bond acceptors (Lipinski definition) is 24. The molecule has 7 atom stereocenters. The molecule has 32 nitrogen and oxygen atoms in total. The van der Waals surface area contributed by atoms with E-state index in [1.165, 1.54) is 84.8 Å². The van der Waals surface area contributed by atoms with Crippen molar-refractivity contribution in [2.75, 3.05) is 65.4 Å². The highest BCUT2D eigenvalue weighted by molar-refractivity contribution is 7.89. The summed E-state index contributed by atoms with van der Waals surface area (Å²) < 4.78 is 99.8. The number of carbonyl (C=O) groups is 7. The minimum atomic E-state index is -3.83. The molecular formula is C106H135N15O17S5. The number of aliphatic carboxylic acids is 1. The van der Waals surface area contributed by atoms with Gasteiger partial charge in [0.1, 0.15) is 49.1 Å². The predicted molar refractivity (Wildman–Crippen MR) is 552 cm³/mol. The van der Waals surface area contributed by atoms with E-state index in [9.17, 15) is 74.4 Å². The number of sulfonamides is 3. The number of carboxylic acid groups (broad SMARTS) is 1. The molecule has 6 amide bonds. The number of alkyl carbamates (subject to hydrolysis) is 2. The van der Waals surface area contributed by atoms with Gasteiger partial charge >= 0.3 is 24.2 Å². The van der Waals surface area contributed by atoms with E-state index >= 15 is 0 Å². The van der Waals surface area contributed by atoms with Gasteiger partial charge in [0, 0.05) is 92.0 Å². The molecule has 5 unspecified atom stereocenters. The monoisotopic (exact) mass is 2050 g/mol. The molecule has 37 heteroatoms. The summed E-state index contributed by atoms with van der Waals surface area (Å²) in [5.41, 5.74) is 13.7. The number of nitrogens with zero attached hydrogens (tertiary/aromatic N) is 7. The number of fused-ring (bicyclic) bond motifs is 2. The van der Waals surface area contributed by atoms with E-state index in [4.69, 9.17) is 30.9 Å². The van der Waals surface area contributed by atoms with Crippen LogP contribution in [0.25, 0.3) is 20.2 Å². The van der Waals surface area contributed by atoms with Gasteiger partial charge in [-0.1, -0.05) is 185 Å². The second-order valence-electron chi connectivity index (χ2n) is 37.9. The number of thiophene rings is 2. The van der Waals surface area contributed by atoms with Crippen molar-refractivity contribution in [2.24, 2.45) is 23.3 Å². The van der Waals surface area contributed by atoms with Gasteiger partial charge < -0.3 is 67.6 Å². The molecule has 2 saturated carbocycles. The molecule has 0 radical (unpaired) electrons. The van der Waals surface area contributed by atoms with Crippen LogP contribution in [0.2, 0.25) is 0 Å². The van der Waals surface area contributed by atoms with Crippen LogP contribution >= 0.6 is 22.7 Å². The van der Waals surface area contributed by atoms with Gasteiger partial charge in [-0.3, -0.25) is 14.4 Å². The van der Waals surface area contributed by atoms with E-state index in [2.05, 4.69) is 31.9 Å². The first-order chi connectivity index (χ1) is 68.8. The van der Waals surface area contributed by atoms with E-state index in [1.54, 1.807) is 41.3 Å². The number of likely N-dealkylation sites (tertiary alicyclic amines) is 1. The second-order valence-corrected chi connectivity index (χ2v) is 45.8. The van der Waals surface area contributed by atoms with Crippen LogP contribution in [-0.2, 0) is 67.1 Å². The van der Waals surface area contributed by atoms with Gasteiger partial charge in [-0.05, 0) is 237 Å². The van der Waals surface area contributed by atoms with Crippen molar-refractivity contribution in [1.29, 1.82) is 15.8 Å². The largest absolute Gasteiger partial charge is 0.480 e.